The number of para-hydroxylation sites is 1. The quantitative estimate of drug-likeness (QED) is 0.684. The van der Waals surface area contributed by atoms with Crippen molar-refractivity contribution in [2.75, 3.05) is 4.72 Å². The number of carbonyl (C=O) groups is 1. The van der Waals surface area contributed by atoms with Crippen molar-refractivity contribution in [2.24, 2.45) is 0 Å². The molecule has 2 aromatic rings. The third-order valence-corrected chi connectivity index (χ3v) is 5.65. The number of nitrogens with one attached hydrogen (secondary N) is 1. The van der Waals surface area contributed by atoms with Crippen molar-refractivity contribution in [3.8, 4) is 0 Å². The predicted molar refractivity (Wildman–Crippen MR) is 97.5 cm³/mol. The van der Waals surface area contributed by atoms with Crippen molar-refractivity contribution in [1.29, 1.82) is 0 Å². The number of halogens is 1. The number of sulfonamides is 1. The van der Waals surface area contributed by atoms with Crippen LogP contribution in [-0.4, -0.2) is 19.5 Å². The fraction of sp³-hybridized carbons (Fsp3) is 0.188. The highest BCUT2D eigenvalue weighted by Gasteiger charge is 2.22. The minimum atomic E-state index is -3.89. The molecule has 0 aromatic heterocycles. The van der Waals surface area contributed by atoms with E-state index in [9.17, 15) is 13.2 Å². The number of carboxylic acid groups (broad SMARTS) is 1. The van der Waals surface area contributed by atoms with E-state index >= 15 is 0 Å². The van der Waals surface area contributed by atoms with E-state index in [0.717, 1.165) is 3.57 Å². The summed E-state index contributed by atoms with van der Waals surface area (Å²) in [5.41, 5.74) is 0.981. The fourth-order valence-corrected chi connectivity index (χ4v) is 4.30. The summed E-state index contributed by atoms with van der Waals surface area (Å²) in [6, 6.07) is 11.2. The van der Waals surface area contributed by atoms with Crippen LogP contribution in [0.15, 0.2) is 47.4 Å². The van der Waals surface area contributed by atoms with Gasteiger partial charge in [0, 0.05) is 3.57 Å². The molecule has 122 valence electrons. The Balaban J connectivity index is 2.56. The average molecular weight is 445 g/mol. The lowest BCUT2D eigenvalue weighted by Gasteiger charge is -2.16. The van der Waals surface area contributed by atoms with Gasteiger partial charge in [0.1, 0.15) is 0 Å². The highest BCUT2D eigenvalue weighted by molar-refractivity contribution is 14.1. The van der Waals surface area contributed by atoms with Crippen LogP contribution >= 0.6 is 22.6 Å². The molecular formula is C16H16INO4S. The maximum Gasteiger partial charge on any atom is 0.335 e. The van der Waals surface area contributed by atoms with Gasteiger partial charge < -0.3 is 5.11 Å². The zero-order chi connectivity index (χ0) is 17.2. The Morgan fingerprint density at radius 3 is 2.39 bits per heavy atom. The molecular weight excluding hydrogens is 429 g/mol. The Kier molecular flexibility index (Phi) is 5.30. The number of carboxylic acids is 1. The number of benzene rings is 2. The summed E-state index contributed by atoms with van der Waals surface area (Å²) in [5, 5.41) is 9.12. The van der Waals surface area contributed by atoms with Gasteiger partial charge in [-0.3, -0.25) is 4.72 Å². The van der Waals surface area contributed by atoms with Crippen molar-refractivity contribution >= 4 is 44.3 Å². The Morgan fingerprint density at radius 1 is 1.17 bits per heavy atom. The largest absolute Gasteiger partial charge is 0.478 e. The second kappa shape index (κ2) is 6.88. The topological polar surface area (TPSA) is 83.5 Å². The van der Waals surface area contributed by atoms with Gasteiger partial charge in [0.05, 0.1) is 16.1 Å². The number of aromatic carboxylic acids is 1. The third-order valence-electron chi connectivity index (χ3n) is 3.29. The summed E-state index contributed by atoms with van der Waals surface area (Å²) in [6.45, 7) is 3.72. The first kappa shape index (κ1) is 17.7. The Hall–Kier alpha value is -1.61. The third kappa shape index (κ3) is 4.03. The van der Waals surface area contributed by atoms with E-state index in [1.165, 1.54) is 12.1 Å². The van der Waals surface area contributed by atoms with Crippen LogP contribution in [0.25, 0.3) is 0 Å². The average Bonchev–Trinajstić information content (AvgIpc) is 2.48. The number of rotatable bonds is 5. The first-order chi connectivity index (χ1) is 10.7. The van der Waals surface area contributed by atoms with Gasteiger partial charge in [-0.25, -0.2) is 13.2 Å². The lowest BCUT2D eigenvalue weighted by molar-refractivity contribution is 0.0696. The molecule has 0 atom stereocenters. The van der Waals surface area contributed by atoms with Crippen LogP contribution in [0.2, 0.25) is 0 Å². The monoisotopic (exact) mass is 445 g/mol. The molecule has 2 aromatic carbocycles. The molecule has 0 aliphatic carbocycles. The molecule has 2 N–H and O–H groups in total. The zero-order valence-corrected chi connectivity index (χ0v) is 15.6. The smallest absolute Gasteiger partial charge is 0.335 e. The van der Waals surface area contributed by atoms with Crippen LogP contribution in [0.4, 0.5) is 5.69 Å². The molecule has 0 amide bonds. The first-order valence-electron chi connectivity index (χ1n) is 6.87. The van der Waals surface area contributed by atoms with Gasteiger partial charge in [0.2, 0.25) is 0 Å². The van der Waals surface area contributed by atoms with Gasteiger partial charge >= 0.3 is 5.97 Å². The molecule has 0 heterocycles. The van der Waals surface area contributed by atoms with Crippen LogP contribution in [0.3, 0.4) is 0 Å². The molecule has 0 fully saturated rings. The second-order valence-electron chi connectivity index (χ2n) is 5.30. The highest BCUT2D eigenvalue weighted by Crippen LogP contribution is 2.28. The molecule has 0 bridgehead atoms. The standard InChI is InChI=1S/C16H16INO4S/c1-10(2)12-8-7-11(16(19)20)9-15(12)23(21,22)18-14-6-4-3-5-13(14)17/h3-10,18H,1-2H3,(H,19,20). The SMILES string of the molecule is CC(C)c1ccc(C(=O)O)cc1S(=O)(=O)Nc1ccccc1I. The Bertz CT molecular complexity index is 847. The molecule has 0 spiro atoms. The molecule has 0 aliphatic rings. The highest BCUT2D eigenvalue weighted by atomic mass is 127. The van der Waals surface area contributed by atoms with Crippen LogP contribution < -0.4 is 4.72 Å². The second-order valence-corrected chi connectivity index (χ2v) is 8.11. The minimum Gasteiger partial charge on any atom is -0.478 e. The maximum atomic E-state index is 12.7. The summed E-state index contributed by atoms with van der Waals surface area (Å²) < 4.78 is 28.8. The van der Waals surface area contributed by atoms with Gasteiger partial charge in [0.15, 0.2) is 0 Å². The maximum absolute atomic E-state index is 12.7. The van der Waals surface area contributed by atoms with Crippen LogP contribution in [0.1, 0.15) is 35.7 Å². The van der Waals surface area contributed by atoms with E-state index in [0.29, 0.717) is 11.3 Å². The van der Waals surface area contributed by atoms with E-state index in [-0.39, 0.29) is 16.4 Å². The lowest BCUT2D eigenvalue weighted by atomic mass is 10.0. The normalized spacial score (nSPS) is 11.5. The molecule has 0 saturated carbocycles. The minimum absolute atomic E-state index is 0.00736. The fourth-order valence-electron chi connectivity index (χ4n) is 2.12. The molecule has 23 heavy (non-hydrogen) atoms. The van der Waals surface area contributed by atoms with Crippen molar-refractivity contribution in [3.63, 3.8) is 0 Å². The van der Waals surface area contributed by atoms with Crippen LogP contribution in [0.5, 0.6) is 0 Å². The predicted octanol–water partition coefficient (Wildman–Crippen LogP) is 3.91. The van der Waals surface area contributed by atoms with Gasteiger partial charge in [-0.15, -0.1) is 0 Å². The molecule has 0 aliphatic heterocycles. The van der Waals surface area contributed by atoms with Crippen molar-refractivity contribution in [3.05, 3.63) is 57.2 Å². The lowest BCUT2D eigenvalue weighted by Crippen LogP contribution is -2.17. The summed E-state index contributed by atoms with van der Waals surface area (Å²) in [6.07, 6.45) is 0. The van der Waals surface area contributed by atoms with E-state index < -0.39 is 16.0 Å². The molecule has 0 radical (unpaired) electrons. The van der Waals surface area contributed by atoms with Gasteiger partial charge in [-0.2, -0.15) is 0 Å². The van der Waals surface area contributed by atoms with Crippen LogP contribution in [-0.2, 0) is 10.0 Å². The van der Waals surface area contributed by atoms with Crippen molar-refractivity contribution in [1.82, 2.24) is 0 Å². The van der Waals surface area contributed by atoms with Gasteiger partial charge in [-0.1, -0.05) is 32.0 Å². The molecule has 7 heteroatoms. The summed E-state index contributed by atoms with van der Waals surface area (Å²) >= 11 is 2.04. The van der Waals surface area contributed by atoms with E-state index in [1.807, 2.05) is 42.5 Å². The summed E-state index contributed by atoms with van der Waals surface area (Å²) in [4.78, 5) is 11.1. The number of hydrogen-bond acceptors (Lipinski definition) is 3. The van der Waals surface area contributed by atoms with E-state index in [4.69, 9.17) is 5.11 Å². The van der Waals surface area contributed by atoms with Gasteiger partial charge in [0.25, 0.3) is 10.0 Å². The van der Waals surface area contributed by atoms with E-state index in [1.54, 1.807) is 24.3 Å². The molecule has 5 nitrogen and oxygen atoms in total. The molecule has 2 rings (SSSR count). The van der Waals surface area contributed by atoms with Crippen molar-refractivity contribution < 1.29 is 18.3 Å². The zero-order valence-electron chi connectivity index (χ0n) is 12.6. The van der Waals surface area contributed by atoms with Crippen molar-refractivity contribution in [2.45, 2.75) is 24.7 Å². The van der Waals surface area contributed by atoms with Crippen LogP contribution in [0, 0.1) is 3.57 Å². The number of anilines is 1. The summed E-state index contributed by atoms with van der Waals surface area (Å²) in [7, 11) is -3.89. The van der Waals surface area contributed by atoms with Gasteiger partial charge in [-0.05, 0) is 58.3 Å². The van der Waals surface area contributed by atoms with E-state index in [2.05, 4.69) is 4.72 Å². The Labute approximate surface area is 148 Å². The Morgan fingerprint density at radius 2 is 1.83 bits per heavy atom. The number of hydrogen-bond donors (Lipinski definition) is 2. The molecule has 0 saturated heterocycles. The summed E-state index contributed by atoms with van der Waals surface area (Å²) in [5.74, 6) is -1.22. The first-order valence-corrected chi connectivity index (χ1v) is 9.43. The molecule has 0 unspecified atom stereocenters.